The second-order valence-electron chi connectivity index (χ2n) is 24.1. The van der Waals surface area contributed by atoms with Crippen LogP contribution in [0.4, 0.5) is 22.0 Å². The Hall–Kier alpha value is -7.44. The monoisotopic (exact) mass is 1410 g/mol. The van der Waals surface area contributed by atoms with Crippen LogP contribution < -0.4 is 26.0 Å². The molecule has 0 bridgehead atoms. The molecular weight excluding hydrogens is 1310 g/mol. The molecule has 0 aromatic heterocycles. The van der Waals surface area contributed by atoms with Crippen LogP contribution in [-0.4, -0.2) is 245 Å². The predicted octanol–water partition coefficient (Wildman–Crippen LogP) is 3.85. The number of esters is 2. The second kappa shape index (κ2) is 46.1. The Balaban J connectivity index is 1.34. The van der Waals surface area contributed by atoms with Gasteiger partial charge < -0.3 is 83.3 Å². The van der Waals surface area contributed by atoms with Crippen molar-refractivity contribution in [1.29, 1.82) is 0 Å². The molecule has 26 nitrogen and oxygen atoms in total. The van der Waals surface area contributed by atoms with Gasteiger partial charge in [-0.3, -0.25) is 38.4 Å². The summed E-state index contributed by atoms with van der Waals surface area (Å²) in [5.41, 5.74) is 0.834. The Morgan fingerprint density at radius 2 is 1.12 bits per heavy atom. The summed E-state index contributed by atoms with van der Waals surface area (Å²) in [6.07, 6.45) is -0.145. The Morgan fingerprint density at radius 3 is 1.61 bits per heavy atom. The van der Waals surface area contributed by atoms with Gasteiger partial charge in [-0.25, -0.2) is 18.0 Å². The highest BCUT2D eigenvalue weighted by Gasteiger charge is 2.44. The summed E-state index contributed by atoms with van der Waals surface area (Å²) >= 11 is 0. The SMILES string of the molecule is CC[C@H](C)[C@@H]([C@@H](CC(=O)N1CCC[C@H]1[C@H](OC)[C@@H](C)C(=O)N[C@@H](Cc1ccccc1)C(=O)OC)OC)N(C)C(=O)[C@@H](NC(=O)[C@H](C(C)C)N(C)C(=O)CCOCCOCCOCCNC(=O)C#CC(=O)NCCOCCOCCOCCC(=O)Oc1c(F)c(F)c(F)c(F)c1F)C(C)C. The third-order valence-electron chi connectivity index (χ3n) is 16.4. The van der Waals surface area contributed by atoms with Gasteiger partial charge in [0, 0.05) is 66.2 Å². The number of methoxy groups -OCH3 is 3. The molecule has 1 fully saturated rings. The molecule has 2 aromatic carbocycles. The van der Waals surface area contributed by atoms with E-state index in [1.165, 1.54) is 33.3 Å². The first-order chi connectivity index (χ1) is 47.2. The highest BCUT2D eigenvalue weighted by Crippen LogP contribution is 2.32. The van der Waals surface area contributed by atoms with Gasteiger partial charge in [-0.15, -0.1) is 0 Å². The lowest BCUT2D eigenvalue weighted by molar-refractivity contribution is -0.149. The lowest BCUT2D eigenvalue weighted by atomic mass is 9.89. The molecule has 0 radical (unpaired) electrons. The molecule has 1 aliphatic rings. The molecule has 9 atom stereocenters. The number of likely N-dealkylation sites (N-methyl/N-ethyl adjacent to an activating group) is 2. The average molecular weight is 1410 g/mol. The van der Waals surface area contributed by atoms with Crippen LogP contribution in [0, 0.1) is 64.6 Å². The van der Waals surface area contributed by atoms with Crippen LogP contribution in [0.2, 0.25) is 0 Å². The predicted molar refractivity (Wildman–Crippen MR) is 348 cm³/mol. The molecule has 1 heterocycles. The lowest BCUT2D eigenvalue weighted by Gasteiger charge is -2.41. The van der Waals surface area contributed by atoms with E-state index in [0.29, 0.717) is 25.8 Å². The lowest BCUT2D eigenvalue weighted by Crippen LogP contribution is -2.60. The van der Waals surface area contributed by atoms with Gasteiger partial charge in [0.1, 0.15) is 18.1 Å². The number of nitrogens with zero attached hydrogens (tertiary/aromatic N) is 3. The first kappa shape index (κ1) is 85.8. The second-order valence-corrected chi connectivity index (χ2v) is 24.1. The van der Waals surface area contributed by atoms with Gasteiger partial charge in [0.15, 0.2) is 0 Å². The highest BCUT2D eigenvalue weighted by atomic mass is 19.2. The molecule has 2 aromatic rings. The molecule has 1 saturated heterocycles. The van der Waals surface area contributed by atoms with Gasteiger partial charge in [-0.2, -0.15) is 8.78 Å². The molecule has 31 heteroatoms. The minimum Gasteiger partial charge on any atom is -0.467 e. The van der Waals surface area contributed by atoms with Crippen molar-refractivity contribution in [3.63, 3.8) is 0 Å². The van der Waals surface area contributed by atoms with E-state index in [1.807, 2.05) is 58.0 Å². The molecule has 7 amide bonds. The van der Waals surface area contributed by atoms with Crippen molar-refractivity contribution >= 4 is 53.3 Å². The number of benzene rings is 2. The van der Waals surface area contributed by atoms with Gasteiger partial charge in [0.2, 0.25) is 64.4 Å². The molecule has 0 aliphatic carbocycles. The first-order valence-corrected chi connectivity index (χ1v) is 33.0. The normalized spacial score (nSPS) is 15.3. The van der Waals surface area contributed by atoms with Crippen LogP contribution in [0.25, 0.3) is 0 Å². The van der Waals surface area contributed by atoms with E-state index in [2.05, 4.69) is 37.8 Å². The fourth-order valence-electron chi connectivity index (χ4n) is 10.9. The van der Waals surface area contributed by atoms with Crippen LogP contribution in [0.5, 0.6) is 5.75 Å². The fraction of sp³-hybridized carbons (Fsp3) is 0.662. The summed E-state index contributed by atoms with van der Waals surface area (Å²) < 4.78 is 121. The van der Waals surface area contributed by atoms with E-state index in [1.54, 1.807) is 37.6 Å². The Kier molecular flexibility index (Phi) is 39.9. The zero-order valence-corrected chi connectivity index (χ0v) is 58.8. The van der Waals surface area contributed by atoms with Crippen LogP contribution >= 0.6 is 0 Å². The maximum atomic E-state index is 14.7. The number of hydrogen-bond acceptors (Lipinski definition) is 19. The first-order valence-electron chi connectivity index (χ1n) is 33.0. The number of halogens is 5. The van der Waals surface area contributed by atoms with E-state index >= 15 is 0 Å². The van der Waals surface area contributed by atoms with Crippen molar-refractivity contribution in [2.45, 2.75) is 136 Å². The molecule has 4 N–H and O–H groups in total. The van der Waals surface area contributed by atoms with E-state index in [0.717, 1.165) is 5.56 Å². The van der Waals surface area contributed by atoms with Gasteiger partial charge in [0.05, 0.1) is 136 Å². The smallest absolute Gasteiger partial charge is 0.328 e. The molecule has 556 valence electrons. The standard InChI is InChI=1S/C68H100F5N7O19/c1-13-44(6)62(49(90-10)41-53(84)80-27-17-20-48(80)63(91-11)45(7)65(86)76-47(68(89)92-12)40-46-18-15-14-16-19-46)79(9)67(88)60(42(2)3)77-66(87)61(43(4)5)78(8)52(83)23-28-93-32-36-97-38-34-95-30-25-74-50(81)21-22-51(82)75-26-31-96-35-39-98-37-33-94-29-24-54(85)99-64-58(72)56(70)55(69)57(71)59(64)73/h14-16,18-19,42-45,47-49,60-63H,13,17,20,23-41H2,1-12H3,(H,74,81)(H,75,82)(H,76,86)(H,77,87)/t44-,45+,47-,48-,49+,60-,61-,62-,63+/m0/s1. The van der Waals surface area contributed by atoms with E-state index in [9.17, 15) is 65.1 Å². The summed E-state index contributed by atoms with van der Waals surface area (Å²) in [5.74, 6) is -15.8. The quantitative estimate of drug-likeness (QED) is 0.0139. The third-order valence-corrected chi connectivity index (χ3v) is 16.4. The van der Waals surface area contributed by atoms with E-state index < -0.39 is 131 Å². The molecule has 0 spiro atoms. The van der Waals surface area contributed by atoms with E-state index in [4.69, 9.17) is 42.6 Å². The molecule has 0 unspecified atom stereocenters. The molecular formula is C68H100F5N7O19. The summed E-state index contributed by atoms with van der Waals surface area (Å²) in [6.45, 7) is 14.4. The zero-order chi connectivity index (χ0) is 73.7. The van der Waals surface area contributed by atoms with Crippen molar-refractivity contribution in [3.05, 3.63) is 65.0 Å². The number of hydrogen-bond donors (Lipinski definition) is 4. The Labute approximate surface area is 576 Å². The van der Waals surface area contributed by atoms with Crippen LogP contribution in [-0.2, 0) is 92.2 Å². The summed E-state index contributed by atoms with van der Waals surface area (Å²) in [5, 5.41) is 10.7. The number of likely N-dealkylation sites (tertiary alicyclic amines) is 1. The van der Waals surface area contributed by atoms with Crippen LogP contribution in [0.15, 0.2) is 30.3 Å². The summed E-state index contributed by atoms with van der Waals surface area (Å²) in [6, 6.07) is 5.23. The minimum atomic E-state index is -2.39. The van der Waals surface area contributed by atoms with Crippen LogP contribution in [0.3, 0.4) is 0 Å². The number of ether oxygens (including phenoxy) is 10. The fourth-order valence-corrected chi connectivity index (χ4v) is 10.9. The Bertz CT molecular complexity index is 2930. The van der Waals surface area contributed by atoms with Crippen LogP contribution in [0.1, 0.15) is 92.6 Å². The third kappa shape index (κ3) is 28.6. The minimum absolute atomic E-state index is 0.0163. The van der Waals surface area contributed by atoms with E-state index in [-0.39, 0.29) is 141 Å². The topological polar surface area (TPSA) is 304 Å². The number of nitrogens with one attached hydrogen (secondary N) is 4. The zero-order valence-electron chi connectivity index (χ0n) is 58.8. The van der Waals surface area contributed by atoms with Gasteiger partial charge in [-0.1, -0.05) is 85.2 Å². The largest absolute Gasteiger partial charge is 0.467 e. The maximum Gasteiger partial charge on any atom is 0.328 e. The molecule has 1 aliphatic heterocycles. The number of amides is 7. The van der Waals surface area contributed by atoms with Crippen molar-refractivity contribution < 1.29 is 112 Å². The Morgan fingerprint density at radius 1 is 0.616 bits per heavy atom. The van der Waals surface area contributed by atoms with Gasteiger partial charge in [0.25, 0.3) is 11.8 Å². The van der Waals surface area contributed by atoms with Gasteiger partial charge in [-0.05, 0) is 36.2 Å². The van der Waals surface area contributed by atoms with Gasteiger partial charge >= 0.3 is 11.9 Å². The average Bonchev–Trinajstić information content (AvgIpc) is 1.72. The number of carbonyl (C=O) groups is 9. The maximum absolute atomic E-state index is 14.7. The van der Waals surface area contributed by atoms with Crippen molar-refractivity contribution in [1.82, 2.24) is 36.0 Å². The summed E-state index contributed by atoms with van der Waals surface area (Å²) in [4.78, 5) is 124. The molecule has 99 heavy (non-hydrogen) atoms. The van der Waals surface area contributed by atoms with Crippen molar-refractivity contribution in [2.75, 3.05) is 134 Å². The van der Waals surface area contributed by atoms with Crippen molar-refractivity contribution in [3.8, 4) is 17.6 Å². The number of rotatable bonds is 46. The van der Waals surface area contributed by atoms with Crippen molar-refractivity contribution in [2.24, 2.45) is 23.7 Å². The molecule has 3 rings (SSSR count). The number of carbonyl (C=O) groups excluding carboxylic acids is 9. The highest BCUT2D eigenvalue weighted by molar-refractivity contribution is 6.02. The molecule has 0 saturated carbocycles. The summed E-state index contributed by atoms with van der Waals surface area (Å²) in [7, 11) is 7.41.